The molecule has 1 unspecified atom stereocenters. The van der Waals surface area contributed by atoms with Crippen molar-refractivity contribution < 1.29 is 0 Å². The molecular formula is C16H21NS. The van der Waals surface area contributed by atoms with E-state index in [4.69, 9.17) is 0 Å². The van der Waals surface area contributed by atoms with Gasteiger partial charge in [0.25, 0.3) is 0 Å². The van der Waals surface area contributed by atoms with E-state index in [0.29, 0.717) is 6.04 Å². The standard InChI is InChI=1S/C16H21NS/c1-3-16(14-8-6-13(2)7-9-14)17-11-10-15-5-4-12-18-15/h4-9,12,16-17H,3,10-11H2,1-2H3. The van der Waals surface area contributed by atoms with Gasteiger partial charge in [-0.3, -0.25) is 0 Å². The molecule has 0 saturated carbocycles. The number of rotatable bonds is 6. The van der Waals surface area contributed by atoms with E-state index in [1.807, 2.05) is 11.3 Å². The first-order valence-electron chi connectivity index (χ1n) is 6.62. The SMILES string of the molecule is CCC(NCCc1cccs1)c1ccc(C)cc1. The second-order valence-electron chi connectivity index (χ2n) is 4.66. The molecule has 1 atom stereocenters. The summed E-state index contributed by atoms with van der Waals surface area (Å²) in [6.45, 7) is 5.42. The highest BCUT2D eigenvalue weighted by atomic mass is 32.1. The molecule has 2 heteroatoms. The second-order valence-corrected chi connectivity index (χ2v) is 5.69. The maximum Gasteiger partial charge on any atom is 0.0317 e. The maximum absolute atomic E-state index is 3.65. The van der Waals surface area contributed by atoms with Crippen LogP contribution in [-0.2, 0) is 6.42 Å². The fourth-order valence-electron chi connectivity index (χ4n) is 2.12. The smallest absolute Gasteiger partial charge is 0.0317 e. The third-order valence-corrected chi connectivity index (χ3v) is 4.17. The van der Waals surface area contributed by atoms with Gasteiger partial charge in [-0.2, -0.15) is 0 Å². The average molecular weight is 259 g/mol. The number of hydrogen-bond acceptors (Lipinski definition) is 2. The zero-order valence-corrected chi connectivity index (χ0v) is 12.0. The predicted octanol–water partition coefficient (Wildman–Crippen LogP) is 4.34. The molecule has 1 nitrogen and oxygen atoms in total. The van der Waals surface area contributed by atoms with Crippen molar-refractivity contribution in [3.8, 4) is 0 Å². The summed E-state index contributed by atoms with van der Waals surface area (Å²) in [5, 5.41) is 5.80. The Morgan fingerprint density at radius 2 is 1.94 bits per heavy atom. The monoisotopic (exact) mass is 259 g/mol. The van der Waals surface area contributed by atoms with E-state index in [1.165, 1.54) is 16.0 Å². The van der Waals surface area contributed by atoms with Crippen LogP contribution in [0.5, 0.6) is 0 Å². The molecule has 0 aliphatic heterocycles. The molecule has 0 amide bonds. The lowest BCUT2D eigenvalue weighted by atomic mass is 10.0. The Bertz CT molecular complexity index is 444. The van der Waals surface area contributed by atoms with Crippen LogP contribution >= 0.6 is 11.3 Å². The van der Waals surface area contributed by atoms with Crippen molar-refractivity contribution in [2.24, 2.45) is 0 Å². The van der Waals surface area contributed by atoms with Gasteiger partial charge in [0.05, 0.1) is 0 Å². The first kappa shape index (κ1) is 13.3. The number of nitrogens with one attached hydrogen (secondary N) is 1. The van der Waals surface area contributed by atoms with Crippen molar-refractivity contribution in [2.75, 3.05) is 6.54 Å². The van der Waals surface area contributed by atoms with Crippen molar-refractivity contribution in [1.82, 2.24) is 5.32 Å². The van der Waals surface area contributed by atoms with Crippen LogP contribution in [0.2, 0.25) is 0 Å². The van der Waals surface area contributed by atoms with Crippen LogP contribution in [0.25, 0.3) is 0 Å². The van der Waals surface area contributed by atoms with Crippen LogP contribution in [0.3, 0.4) is 0 Å². The predicted molar refractivity (Wildman–Crippen MR) is 80.2 cm³/mol. The Labute approximate surface area is 114 Å². The maximum atomic E-state index is 3.65. The molecule has 1 aromatic heterocycles. The van der Waals surface area contributed by atoms with Crippen molar-refractivity contribution >= 4 is 11.3 Å². The van der Waals surface area contributed by atoms with E-state index in [1.54, 1.807) is 0 Å². The first-order valence-corrected chi connectivity index (χ1v) is 7.50. The molecule has 1 heterocycles. The van der Waals surface area contributed by atoms with Gasteiger partial charge < -0.3 is 5.32 Å². The van der Waals surface area contributed by atoms with Crippen LogP contribution < -0.4 is 5.32 Å². The Hall–Kier alpha value is -1.12. The minimum Gasteiger partial charge on any atom is -0.310 e. The van der Waals surface area contributed by atoms with Crippen LogP contribution in [0, 0.1) is 6.92 Å². The molecule has 18 heavy (non-hydrogen) atoms. The fourth-order valence-corrected chi connectivity index (χ4v) is 2.83. The normalized spacial score (nSPS) is 12.6. The summed E-state index contributed by atoms with van der Waals surface area (Å²) >= 11 is 1.84. The van der Waals surface area contributed by atoms with Crippen LogP contribution in [0.1, 0.15) is 35.4 Å². The zero-order valence-electron chi connectivity index (χ0n) is 11.1. The van der Waals surface area contributed by atoms with Gasteiger partial charge >= 0.3 is 0 Å². The summed E-state index contributed by atoms with van der Waals surface area (Å²) in [5.41, 5.74) is 2.72. The number of hydrogen-bond donors (Lipinski definition) is 1. The van der Waals surface area contributed by atoms with E-state index in [0.717, 1.165) is 19.4 Å². The van der Waals surface area contributed by atoms with Crippen molar-refractivity contribution in [3.63, 3.8) is 0 Å². The topological polar surface area (TPSA) is 12.0 Å². The highest BCUT2D eigenvalue weighted by Crippen LogP contribution is 2.17. The molecule has 0 saturated heterocycles. The summed E-state index contributed by atoms with van der Waals surface area (Å²) in [5.74, 6) is 0. The highest BCUT2D eigenvalue weighted by molar-refractivity contribution is 7.09. The van der Waals surface area contributed by atoms with Gasteiger partial charge in [-0.1, -0.05) is 42.8 Å². The van der Waals surface area contributed by atoms with Gasteiger partial charge in [0, 0.05) is 17.5 Å². The summed E-state index contributed by atoms with van der Waals surface area (Å²) in [7, 11) is 0. The lowest BCUT2D eigenvalue weighted by Gasteiger charge is -2.17. The Kier molecular flexibility index (Phi) is 4.97. The largest absolute Gasteiger partial charge is 0.310 e. The van der Waals surface area contributed by atoms with Crippen LogP contribution in [-0.4, -0.2) is 6.54 Å². The molecule has 0 aliphatic rings. The van der Waals surface area contributed by atoms with E-state index < -0.39 is 0 Å². The molecule has 96 valence electrons. The van der Waals surface area contributed by atoms with E-state index in [2.05, 4.69) is 60.9 Å². The van der Waals surface area contributed by atoms with E-state index >= 15 is 0 Å². The summed E-state index contributed by atoms with van der Waals surface area (Å²) in [6, 6.07) is 13.7. The molecule has 0 radical (unpaired) electrons. The van der Waals surface area contributed by atoms with Crippen molar-refractivity contribution in [2.45, 2.75) is 32.7 Å². The summed E-state index contributed by atoms with van der Waals surface area (Å²) in [6.07, 6.45) is 2.26. The van der Waals surface area contributed by atoms with Gasteiger partial charge in [-0.05, 0) is 36.8 Å². The second kappa shape index (κ2) is 6.72. The third-order valence-electron chi connectivity index (χ3n) is 3.23. The first-order chi connectivity index (χ1) is 8.79. The van der Waals surface area contributed by atoms with Crippen LogP contribution in [0.4, 0.5) is 0 Å². The molecule has 0 spiro atoms. The lowest BCUT2D eigenvalue weighted by molar-refractivity contribution is 0.524. The third kappa shape index (κ3) is 3.69. The Morgan fingerprint density at radius 3 is 2.56 bits per heavy atom. The lowest BCUT2D eigenvalue weighted by Crippen LogP contribution is -2.23. The molecule has 1 aromatic carbocycles. The Morgan fingerprint density at radius 1 is 1.17 bits per heavy atom. The molecule has 0 aliphatic carbocycles. The number of aryl methyl sites for hydroxylation is 1. The minimum atomic E-state index is 0.477. The molecule has 2 aromatic rings. The quantitative estimate of drug-likeness (QED) is 0.813. The molecular weight excluding hydrogens is 238 g/mol. The van der Waals surface area contributed by atoms with Crippen molar-refractivity contribution in [3.05, 3.63) is 57.8 Å². The molecule has 0 fully saturated rings. The molecule has 2 rings (SSSR count). The number of benzene rings is 1. The summed E-state index contributed by atoms with van der Waals surface area (Å²) < 4.78 is 0. The van der Waals surface area contributed by atoms with Gasteiger partial charge in [0.1, 0.15) is 0 Å². The van der Waals surface area contributed by atoms with Gasteiger partial charge in [-0.15, -0.1) is 11.3 Å². The fraction of sp³-hybridized carbons (Fsp3) is 0.375. The van der Waals surface area contributed by atoms with Crippen molar-refractivity contribution in [1.29, 1.82) is 0 Å². The van der Waals surface area contributed by atoms with Gasteiger partial charge in [0.2, 0.25) is 0 Å². The van der Waals surface area contributed by atoms with E-state index in [9.17, 15) is 0 Å². The highest BCUT2D eigenvalue weighted by Gasteiger charge is 2.07. The van der Waals surface area contributed by atoms with Gasteiger partial charge in [-0.25, -0.2) is 0 Å². The Balaban J connectivity index is 1.87. The summed E-state index contributed by atoms with van der Waals surface area (Å²) in [4.78, 5) is 1.46. The zero-order chi connectivity index (χ0) is 12.8. The molecule has 0 bridgehead atoms. The van der Waals surface area contributed by atoms with E-state index in [-0.39, 0.29) is 0 Å². The van der Waals surface area contributed by atoms with Gasteiger partial charge in [0.15, 0.2) is 0 Å². The minimum absolute atomic E-state index is 0.477. The number of thiophene rings is 1. The van der Waals surface area contributed by atoms with Crippen LogP contribution in [0.15, 0.2) is 41.8 Å². The molecule has 1 N–H and O–H groups in total. The average Bonchev–Trinajstić information content (AvgIpc) is 2.89.